The Kier molecular flexibility index (Phi) is 2.68. The van der Waals surface area contributed by atoms with Crippen molar-refractivity contribution in [3.63, 3.8) is 0 Å². The molecule has 0 radical (unpaired) electrons. The average Bonchev–Trinajstić information content (AvgIpc) is 2.63. The van der Waals surface area contributed by atoms with Crippen molar-refractivity contribution in [3.8, 4) is 5.75 Å². The van der Waals surface area contributed by atoms with Crippen LogP contribution in [0.3, 0.4) is 0 Å². The molecule has 0 saturated heterocycles. The molecule has 0 aromatic heterocycles. The van der Waals surface area contributed by atoms with E-state index in [1.807, 2.05) is 13.0 Å². The highest BCUT2D eigenvalue weighted by molar-refractivity contribution is 6.33. The van der Waals surface area contributed by atoms with E-state index in [2.05, 4.69) is 5.32 Å². The summed E-state index contributed by atoms with van der Waals surface area (Å²) in [5.74, 6) is -0.292. The van der Waals surface area contributed by atoms with Crippen LogP contribution in [0.25, 0.3) is 0 Å². The van der Waals surface area contributed by atoms with Crippen LogP contribution in [0.15, 0.2) is 6.07 Å². The third-order valence-corrected chi connectivity index (χ3v) is 3.22. The van der Waals surface area contributed by atoms with E-state index in [0.29, 0.717) is 17.2 Å². The summed E-state index contributed by atoms with van der Waals surface area (Å²) < 4.78 is 5.23. The van der Waals surface area contributed by atoms with Crippen LogP contribution in [-0.2, 0) is 11.2 Å². The maximum atomic E-state index is 10.9. The number of methoxy groups -OCH3 is 1. The third kappa shape index (κ3) is 1.59. The number of fused-ring (bicyclic) bond motifs is 1. The predicted molar refractivity (Wildman–Crippen MR) is 61.5 cm³/mol. The lowest BCUT2D eigenvalue weighted by molar-refractivity contribution is -0.137. The van der Waals surface area contributed by atoms with Crippen molar-refractivity contribution in [2.45, 2.75) is 19.4 Å². The molecule has 0 amide bonds. The van der Waals surface area contributed by atoms with Crippen LogP contribution in [0.4, 0.5) is 5.69 Å². The van der Waals surface area contributed by atoms with Gasteiger partial charge in [-0.05, 0) is 18.6 Å². The lowest BCUT2D eigenvalue weighted by Crippen LogP contribution is -2.26. The Labute approximate surface area is 98.2 Å². The second-order valence-corrected chi connectivity index (χ2v) is 4.18. The monoisotopic (exact) mass is 241 g/mol. The molecule has 2 rings (SSSR count). The van der Waals surface area contributed by atoms with Gasteiger partial charge < -0.3 is 15.2 Å². The molecule has 0 fully saturated rings. The molecule has 1 aromatic rings. The van der Waals surface area contributed by atoms with Crippen LogP contribution in [0, 0.1) is 6.92 Å². The number of carboxylic acid groups (broad SMARTS) is 1. The van der Waals surface area contributed by atoms with E-state index in [-0.39, 0.29) is 0 Å². The van der Waals surface area contributed by atoms with E-state index in [1.165, 1.54) is 7.11 Å². The first-order chi connectivity index (χ1) is 7.54. The van der Waals surface area contributed by atoms with Crippen LogP contribution in [-0.4, -0.2) is 24.2 Å². The summed E-state index contributed by atoms with van der Waals surface area (Å²) in [6.45, 7) is 1.86. The van der Waals surface area contributed by atoms with Crippen LogP contribution in [0.1, 0.15) is 11.1 Å². The van der Waals surface area contributed by atoms with Gasteiger partial charge in [-0.3, -0.25) is 0 Å². The second-order valence-electron chi connectivity index (χ2n) is 3.81. The normalized spacial score (nSPS) is 17.8. The van der Waals surface area contributed by atoms with Crippen LogP contribution < -0.4 is 10.1 Å². The molecule has 0 saturated carbocycles. The van der Waals surface area contributed by atoms with Crippen molar-refractivity contribution in [3.05, 3.63) is 22.2 Å². The van der Waals surface area contributed by atoms with Crippen molar-refractivity contribution in [1.82, 2.24) is 0 Å². The molecule has 1 heterocycles. The average molecular weight is 242 g/mol. The van der Waals surface area contributed by atoms with Gasteiger partial charge in [-0.15, -0.1) is 0 Å². The highest BCUT2D eigenvalue weighted by Crippen LogP contribution is 2.41. The van der Waals surface area contributed by atoms with E-state index >= 15 is 0 Å². The minimum absolute atomic E-state index is 0.397. The topological polar surface area (TPSA) is 58.6 Å². The number of carboxylic acids is 1. The highest BCUT2D eigenvalue weighted by Gasteiger charge is 2.30. The molecule has 86 valence electrons. The summed E-state index contributed by atoms with van der Waals surface area (Å²) in [6.07, 6.45) is 0.397. The fraction of sp³-hybridized carbons (Fsp3) is 0.364. The minimum Gasteiger partial charge on any atom is -0.495 e. The van der Waals surface area contributed by atoms with Gasteiger partial charge in [0.05, 0.1) is 12.1 Å². The van der Waals surface area contributed by atoms with E-state index in [4.69, 9.17) is 21.4 Å². The maximum absolute atomic E-state index is 10.9. The quantitative estimate of drug-likeness (QED) is 0.832. The molecular formula is C11H12ClNO3. The Morgan fingerprint density at radius 1 is 1.69 bits per heavy atom. The first kappa shape index (κ1) is 11.1. The largest absolute Gasteiger partial charge is 0.495 e. The standard InChI is InChI=1S/C11H12ClNO3/c1-5-3-7-6(10(16-2)9(5)12)4-8(13-7)11(14)15/h3,8,13H,4H2,1-2H3,(H,14,15). The number of benzene rings is 1. The Bertz CT molecular complexity index is 459. The third-order valence-electron chi connectivity index (χ3n) is 2.75. The summed E-state index contributed by atoms with van der Waals surface area (Å²) in [5.41, 5.74) is 2.51. The molecule has 0 aliphatic carbocycles. The number of anilines is 1. The summed E-state index contributed by atoms with van der Waals surface area (Å²) >= 11 is 6.10. The van der Waals surface area contributed by atoms with Gasteiger partial charge in [-0.2, -0.15) is 0 Å². The minimum atomic E-state index is -0.868. The first-order valence-electron chi connectivity index (χ1n) is 4.90. The second kappa shape index (κ2) is 3.87. The Morgan fingerprint density at radius 2 is 2.38 bits per heavy atom. The molecule has 5 heteroatoms. The molecule has 1 unspecified atom stereocenters. The van der Waals surface area contributed by atoms with Gasteiger partial charge >= 0.3 is 5.97 Å². The molecule has 1 aromatic carbocycles. The Morgan fingerprint density at radius 3 is 2.94 bits per heavy atom. The van der Waals surface area contributed by atoms with Gasteiger partial charge in [-0.1, -0.05) is 11.6 Å². The lowest BCUT2D eigenvalue weighted by Gasteiger charge is -2.10. The molecule has 16 heavy (non-hydrogen) atoms. The van der Waals surface area contributed by atoms with E-state index in [0.717, 1.165) is 16.8 Å². The Balaban J connectivity index is 2.49. The Hall–Kier alpha value is -1.42. The maximum Gasteiger partial charge on any atom is 0.326 e. The van der Waals surface area contributed by atoms with Crippen molar-refractivity contribution < 1.29 is 14.6 Å². The number of rotatable bonds is 2. The van der Waals surface area contributed by atoms with Gasteiger partial charge in [0, 0.05) is 17.7 Å². The number of halogens is 1. The van der Waals surface area contributed by atoms with Crippen molar-refractivity contribution >= 4 is 23.3 Å². The molecule has 2 N–H and O–H groups in total. The van der Waals surface area contributed by atoms with Crippen molar-refractivity contribution in [1.29, 1.82) is 0 Å². The molecule has 4 nitrogen and oxygen atoms in total. The number of carbonyl (C=O) groups is 1. The zero-order valence-electron chi connectivity index (χ0n) is 9.00. The van der Waals surface area contributed by atoms with E-state index in [9.17, 15) is 4.79 Å². The lowest BCUT2D eigenvalue weighted by atomic mass is 10.1. The first-order valence-corrected chi connectivity index (χ1v) is 5.27. The van der Waals surface area contributed by atoms with Gasteiger partial charge in [0.25, 0.3) is 0 Å². The zero-order valence-corrected chi connectivity index (χ0v) is 9.76. The van der Waals surface area contributed by atoms with Gasteiger partial charge in [0.15, 0.2) is 0 Å². The van der Waals surface area contributed by atoms with Crippen LogP contribution in [0.5, 0.6) is 5.75 Å². The fourth-order valence-corrected chi connectivity index (χ4v) is 2.18. The molecule has 1 aliphatic heterocycles. The number of hydrogen-bond donors (Lipinski definition) is 2. The van der Waals surface area contributed by atoms with Gasteiger partial charge in [0.1, 0.15) is 11.8 Å². The molecule has 0 bridgehead atoms. The summed E-state index contributed by atoms with van der Waals surface area (Å²) in [7, 11) is 1.54. The number of hydrogen-bond acceptors (Lipinski definition) is 3. The number of aryl methyl sites for hydroxylation is 1. The predicted octanol–water partition coefficient (Wildman–Crippen LogP) is 2.08. The molecule has 1 aliphatic rings. The van der Waals surface area contributed by atoms with Gasteiger partial charge in [0.2, 0.25) is 0 Å². The summed E-state index contributed by atoms with van der Waals surface area (Å²) in [5, 5.41) is 12.4. The number of ether oxygens (including phenoxy) is 1. The number of nitrogens with one attached hydrogen (secondary N) is 1. The molecular weight excluding hydrogens is 230 g/mol. The summed E-state index contributed by atoms with van der Waals surface area (Å²) in [6, 6.07) is 1.25. The SMILES string of the molecule is COc1c(Cl)c(C)cc2c1CC(C(=O)O)N2. The van der Waals surface area contributed by atoms with Crippen LogP contribution >= 0.6 is 11.6 Å². The molecule has 1 atom stereocenters. The van der Waals surface area contributed by atoms with Crippen LogP contribution in [0.2, 0.25) is 5.02 Å². The van der Waals surface area contributed by atoms with E-state index in [1.54, 1.807) is 0 Å². The smallest absolute Gasteiger partial charge is 0.326 e. The fourth-order valence-electron chi connectivity index (χ4n) is 1.94. The highest BCUT2D eigenvalue weighted by atomic mass is 35.5. The summed E-state index contributed by atoms with van der Waals surface area (Å²) in [4.78, 5) is 10.9. The van der Waals surface area contributed by atoms with Crippen molar-refractivity contribution in [2.75, 3.05) is 12.4 Å². The molecule has 0 spiro atoms. The van der Waals surface area contributed by atoms with Gasteiger partial charge in [-0.25, -0.2) is 4.79 Å². The number of aliphatic carboxylic acids is 1. The van der Waals surface area contributed by atoms with Crippen molar-refractivity contribution in [2.24, 2.45) is 0 Å². The van der Waals surface area contributed by atoms with E-state index < -0.39 is 12.0 Å². The zero-order chi connectivity index (χ0) is 11.9.